The van der Waals surface area contributed by atoms with Crippen LogP contribution in [0.5, 0.6) is 5.75 Å². The summed E-state index contributed by atoms with van der Waals surface area (Å²) in [5.74, 6) is 0.842. The highest BCUT2D eigenvalue weighted by Crippen LogP contribution is 2.21. The van der Waals surface area contributed by atoms with Crippen LogP contribution in [0.1, 0.15) is 18.6 Å². The van der Waals surface area contributed by atoms with Crippen molar-refractivity contribution in [2.75, 3.05) is 53.7 Å². The predicted molar refractivity (Wildman–Crippen MR) is 82.9 cm³/mol. The molecule has 5 heteroatoms. The predicted octanol–water partition coefficient (Wildman–Crippen LogP) is 2.03. The zero-order chi connectivity index (χ0) is 15.3. The van der Waals surface area contributed by atoms with Crippen molar-refractivity contribution in [3.8, 4) is 5.75 Å². The van der Waals surface area contributed by atoms with E-state index in [0.717, 1.165) is 24.4 Å². The number of likely N-dealkylation sites (N-methyl/N-ethyl adjacent to an activating group) is 1. The van der Waals surface area contributed by atoms with E-state index in [1.54, 1.807) is 14.2 Å². The first-order valence-electron chi connectivity index (χ1n) is 7.34. The molecule has 0 heterocycles. The van der Waals surface area contributed by atoms with Crippen molar-refractivity contribution >= 4 is 0 Å². The summed E-state index contributed by atoms with van der Waals surface area (Å²) in [7, 11) is 3.33. The standard InChI is InChI=1S/C16H27NO4/c1-4-17-13-16(21-11-10-20-9-8-18-2)14-6-5-7-15(12-14)19-3/h5-7,12,16-17H,4,8-11,13H2,1-3H3. The van der Waals surface area contributed by atoms with Crippen LogP contribution in [0.15, 0.2) is 24.3 Å². The van der Waals surface area contributed by atoms with Gasteiger partial charge in [-0.2, -0.15) is 0 Å². The molecule has 1 aromatic carbocycles. The lowest BCUT2D eigenvalue weighted by Gasteiger charge is -2.19. The molecular weight excluding hydrogens is 270 g/mol. The van der Waals surface area contributed by atoms with Crippen LogP contribution in [0, 0.1) is 0 Å². The third-order valence-corrected chi connectivity index (χ3v) is 3.02. The van der Waals surface area contributed by atoms with E-state index < -0.39 is 0 Å². The van der Waals surface area contributed by atoms with E-state index in [4.69, 9.17) is 18.9 Å². The number of hydrogen-bond acceptors (Lipinski definition) is 5. The smallest absolute Gasteiger partial charge is 0.119 e. The molecular formula is C16H27NO4. The van der Waals surface area contributed by atoms with Gasteiger partial charge in [-0.3, -0.25) is 0 Å². The number of ether oxygens (including phenoxy) is 4. The third kappa shape index (κ3) is 7.43. The van der Waals surface area contributed by atoms with Crippen molar-refractivity contribution in [1.29, 1.82) is 0 Å². The molecule has 1 atom stereocenters. The van der Waals surface area contributed by atoms with Crippen molar-refractivity contribution in [3.05, 3.63) is 29.8 Å². The van der Waals surface area contributed by atoms with Crippen LogP contribution in [0.25, 0.3) is 0 Å². The Bertz CT molecular complexity index is 373. The van der Waals surface area contributed by atoms with Crippen LogP contribution in [-0.2, 0) is 14.2 Å². The van der Waals surface area contributed by atoms with Gasteiger partial charge in [-0.15, -0.1) is 0 Å². The molecule has 0 saturated heterocycles. The van der Waals surface area contributed by atoms with E-state index in [0.29, 0.717) is 26.4 Å². The Morgan fingerprint density at radius 1 is 1.10 bits per heavy atom. The average molecular weight is 297 g/mol. The second-order valence-corrected chi connectivity index (χ2v) is 4.55. The molecule has 120 valence electrons. The minimum absolute atomic E-state index is 0.00826. The third-order valence-electron chi connectivity index (χ3n) is 3.02. The van der Waals surface area contributed by atoms with Gasteiger partial charge in [0.15, 0.2) is 0 Å². The van der Waals surface area contributed by atoms with Crippen LogP contribution in [-0.4, -0.2) is 53.7 Å². The molecule has 0 aliphatic rings. The first-order valence-corrected chi connectivity index (χ1v) is 7.34. The lowest BCUT2D eigenvalue weighted by atomic mass is 10.1. The molecule has 0 saturated carbocycles. The summed E-state index contributed by atoms with van der Waals surface area (Å²) >= 11 is 0. The normalized spacial score (nSPS) is 12.3. The molecule has 0 bridgehead atoms. The molecule has 5 nitrogen and oxygen atoms in total. The fourth-order valence-corrected chi connectivity index (χ4v) is 1.88. The average Bonchev–Trinajstić information content (AvgIpc) is 2.53. The first kappa shape index (κ1) is 17.9. The van der Waals surface area contributed by atoms with Gasteiger partial charge in [0.1, 0.15) is 5.75 Å². The second kappa shape index (κ2) is 11.5. The van der Waals surface area contributed by atoms with E-state index >= 15 is 0 Å². The van der Waals surface area contributed by atoms with E-state index in [2.05, 4.69) is 18.3 Å². The summed E-state index contributed by atoms with van der Waals surface area (Å²) in [5.41, 5.74) is 1.10. The molecule has 0 spiro atoms. The quantitative estimate of drug-likeness (QED) is 0.598. The Morgan fingerprint density at radius 3 is 2.62 bits per heavy atom. The van der Waals surface area contributed by atoms with Gasteiger partial charge in [0, 0.05) is 13.7 Å². The van der Waals surface area contributed by atoms with Gasteiger partial charge in [-0.05, 0) is 24.2 Å². The monoisotopic (exact) mass is 297 g/mol. The molecule has 1 rings (SSSR count). The van der Waals surface area contributed by atoms with E-state index in [9.17, 15) is 0 Å². The lowest BCUT2D eigenvalue weighted by Crippen LogP contribution is -2.24. The Kier molecular flexibility index (Phi) is 9.82. The topological polar surface area (TPSA) is 49.0 Å². The number of benzene rings is 1. The van der Waals surface area contributed by atoms with Gasteiger partial charge < -0.3 is 24.3 Å². The van der Waals surface area contributed by atoms with E-state index in [-0.39, 0.29) is 6.10 Å². The highest BCUT2D eigenvalue weighted by molar-refractivity contribution is 5.30. The summed E-state index contributed by atoms with van der Waals surface area (Å²) in [6.07, 6.45) is -0.00826. The summed E-state index contributed by atoms with van der Waals surface area (Å²) in [4.78, 5) is 0. The van der Waals surface area contributed by atoms with Crippen LogP contribution in [0.2, 0.25) is 0 Å². The minimum Gasteiger partial charge on any atom is -0.497 e. The molecule has 21 heavy (non-hydrogen) atoms. The van der Waals surface area contributed by atoms with Gasteiger partial charge in [-0.25, -0.2) is 0 Å². The number of rotatable bonds is 12. The molecule has 0 aliphatic carbocycles. The van der Waals surface area contributed by atoms with Gasteiger partial charge in [0.05, 0.1) is 39.6 Å². The first-order chi connectivity index (χ1) is 10.3. The fourth-order valence-electron chi connectivity index (χ4n) is 1.88. The summed E-state index contributed by atoms with van der Waals surface area (Å²) in [6.45, 7) is 6.08. The van der Waals surface area contributed by atoms with E-state index in [1.165, 1.54) is 0 Å². The fraction of sp³-hybridized carbons (Fsp3) is 0.625. The molecule has 1 aromatic rings. The van der Waals surface area contributed by atoms with Gasteiger partial charge in [-0.1, -0.05) is 19.1 Å². The molecule has 0 fully saturated rings. The molecule has 1 N–H and O–H groups in total. The van der Waals surface area contributed by atoms with Crippen molar-refractivity contribution in [3.63, 3.8) is 0 Å². The van der Waals surface area contributed by atoms with Crippen molar-refractivity contribution < 1.29 is 18.9 Å². The van der Waals surface area contributed by atoms with E-state index in [1.807, 2.05) is 18.2 Å². The van der Waals surface area contributed by atoms with Crippen molar-refractivity contribution in [2.45, 2.75) is 13.0 Å². The zero-order valence-corrected chi connectivity index (χ0v) is 13.3. The zero-order valence-electron chi connectivity index (χ0n) is 13.3. The molecule has 0 aromatic heterocycles. The Hall–Kier alpha value is -1.14. The van der Waals surface area contributed by atoms with Crippen LogP contribution in [0.4, 0.5) is 0 Å². The maximum absolute atomic E-state index is 5.93. The summed E-state index contributed by atoms with van der Waals surface area (Å²) in [5, 5.41) is 3.32. The molecule has 0 amide bonds. The number of methoxy groups -OCH3 is 2. The number of hydrogen-bond donors (Lipinski definition) is 1. The van der Waals surface area contributed by atoms with Crippen molar-refractivity contribution in [2.24, 2.45) is 0 Å². The van der Waals surface area contributed by atoms with Crippen LogP contribution < -0.4 is 10.1 Å². The maximum Gasteiger partial charge on any atom is 0.119 e. The van der Waals surface area contributed by atoms with Crippen LogP contribution in [0.3, 0.4) is 0 Å². The van der Waals surface area contributed by atoms with Gasteiger partial charge in [0.25, 0.3) is 0 Å². The summed E-state index contributed by atoms with van der Waals surface area (Å²) in [6, 6.07) is 7.97. The number of nitrogens with one attached hydrogen (secondary N) is 1. The minimum atomic E-state index is -0.00826. The molecule has 1 unspecified atom stereocenters. The van der Waals surface area contributed by atoms with Crippen LogP contribution >= 0.6 is 0 Å². The molecule has 0 aliphatic heterocycles. The lowest BCUT2D eigenvalue weighted by molar-refractivity contribution is -0.00676. The van der Waals surface area contributed by atoms with Gasteiger partial charge in [0.2, 0.25) is 0 Å². The van der Waals surface area contributed by atoms with Crippen molar-refractivity contribution in [1.82, 2.24) is 5.32 Å². The maximum atomic E-state index is 5.93. The van der Waals surface area contributed by atoms with Gasteiger partial charge >= 0.3 is 0 Å². The Labute approximate surface area is 127 Å². The summed E-state index contributed by atoms with van der Waals surface area (Å²) < 4.78 is 21.5. The Balaban J connectivity index is 2.46. The molecule has 0 radical (unpaired) electrons. The Morgan fingerprint density at radius 2 is 1.90 bits per heavy atom. The highest BCUT2D eigenvalue weighted by atomic mass is 16.5. The highest BCUT2D eigenvalue weighted by Gasteiger charge is 2.12. The second-order valence-electron chi connectivity index (χ2n) is 4.55. The largest absolute Gasteiger partial charge is 0.497 e. The SMILES string of the molecule is CCNCC(OCCOCCOC)c1cccc(OC)c1.